The molecule has 0 amide bonds. The first-order chi connectivity index (χ1) is 6.56. The van der Waals surface area contributed by atoms with E-state index >= 15 is 0 Å². The van der Waals surface area contributed by atoms with E-state index in [1.165, 1.54) is 44.6 Å². The highest BCUT2D eigenvalue weighted by atomic mass is 79.9. The van der Waals surface area contributed by atoms with Crippen LogP contribution in [0, 0.1) is 5.92 Å². The Morgan fingerprint density at radius 2 is 1.79 bits per heavy atom. The van der Waals surface area contributed by atoms with Crippen molar-refractivity contribution in [1.82, 2.24) is 0 Å². The van der Waals surface area contributed by atoms with Crippen LogP contribution in [0.3, 0.4) is 0 Å². The van der Waals surface area contributed by atoms with Crippen LogP contribution in [0.1, 0.15) is 59.3 Å². The van der Waals surface area contributed by atoms with Crippen molar-refractivity contribution in [2.45, 2.75) is 70.4 Å². The van der Waals surface area contributed by atoms with E-state index in [9.17, 15) is 0 Å². The lowest BCUT2D eigenvalue weighted by molar-refractivity contribution is 0.381. The molecule has 2 heteroatoms. The zero-order valence-electron chi connectivity index (χ0n) is 9.91. The van der Waals surface area contributed by atoms with Gasteiger partial charge in [-0.3, -0.25) is 0 Å². The smallest absolute Gasteiger partial charge is 0.128 e. The largest absolute Gasteiger partial charge is 0.141 e. The number of halogens is 1. The lowest BCUT2D eigenvalue weighted by atomic mass is 9.91. The SMILES string of the molecule is CCC(C)(C)[Si](Br)CC1CCCCC1. The molecular formula is C12H24BrSi. The Labute approximate surface area is 99.0 Å². The van der Waals surface area contributed by atoms with E-state index < -0.39 is 0 Å². The van der Waals surface area contributed by atoms with Gasteiger partial charge >= 0.3 is 0 Å². The molecule has 0 nitrogen and oxygen atoms in total. The highest BCUT2D eigenvalue weighted by Gasteiger charge is 2.30. The van der Waals surface area contributed by atoms with Gasteiger partial charge in [0.2, 0.25) is 0 Å². The fourth-order valence-corrected chi connectivity index (χ4v) is 6.18. The first-order valence-corrected chi connectivity index (χ1v) is 10.0. The summed E-state index contributed by atoms with van der Waals surface area (Å²) in [7, 11) is -0.303. The normalized spacial score (nSPS) is 20.4. The van der Waals surface area contributed by atoms with Crippen LogP contribution >= 0.6 is 15.3 Å². The molecular weight excluding hydrogens is 252 g/mol. The molecule has 14 heavy (non-hydrogen) atoms. The van der Waals surface area contributed by atoms with Crippen LogP contribution in [-0.2, 0) is 0 Å². The van der Waals surface area contributed by atoms with Crippen molar-refractivity contribution in [2.75, 3.05) is 0 Å². The van der Waals surface area contributed by atoms with E-state index in [0.717, 1.165) is 5.92 Å². The van der Waals surface area contributed by atoms with Crippen LogP contribution in [0.25, 0.3) is 0 Å². The molecule has 0 aromatic rings. The average molecular weight is 276 g/mol. The molecule has 1 radical (unpaired) electrons. The third-order valence-corrected chi connectivity index (χ3v) is 10.8. The first kappa shape index (κ1) is 12.8. The molecule has 0 saturated heterocycles. The Balaban J connectivity index is 2.34. The summed E-state index contributed by atoms with van der Waals surface area (Å²) in [4.78, 5) is 0. The topological polar surface area (TPSA) is 0 Å². The lowest BCUT2D eigenvalue weighted by Crippen LogP contribution is -2.24. The van der Waals surface area contributed by atoms with Gasteiger partial charge in [-0.25, -0.2) is 0 Å². The van der Waals surface area contributed by atoms with Gasteiger partial charge in [0.1, 0.15) is 7.42 Å². The van der Waals surface area contributed by atoms with Gasteiger partial charge in [0.25, 0.3) is 0 Å². The van der Waals surface area contributed by atoms with Gasteiger partial charge in [-0.15, -0.1) is 15.3 Å². The van der Waals surface area contributed by atoms with Crippen molar-refractivity contribution in [3.05, 3.63) is 0 Å². The van der Waals surface area contributed by atoms with Crippen molar-refractivity contribution in [2.24, 2.45) is 5.92 Å². The Bertz CT molecular complexity index is 162. The van der Waals surface area contributed by atoms with E-state index in [1.54, 1.807) is 0 Å². The Morgan fingerprint density at radius 1 is 1.21 bits per heavy atom. The summed E-state index contributed by atoms with van der Waals surface area (Å²) in [5, 5.41) is 0.572. The first-order valence-electron chi connectivity index (χ1n) is 6.08. The van der Waals surface area contributed by atoms with Crippen molar-refractivity contribution >= 4 is 22.7 Å². The van der Waals surface area contributed by atoms with E-state index in [0.29, 0.717) is 5.04 Å². The minimum absolute atomic E-state index is 0.303. The van der Waals surface area contributed by atoms with Crippen LogP contribution in [0.2, 0.25) is 11.1 Å². The Hall–Kier alpha value is 0.697. The molecule has 0 atom stereocenters. The predicted octanol–water partition coefficient (Wildman–Crippen LogP) is 5.14. The second-order valence-electron chi connectivity index (χ2n) is 5.35. The summed E-state index contributed by atoms with van der Waals surface area (Å²) in [6.07, 6.45) is 8.77. The molecule has 0 aliphatic heterocycles. The Morgan fingerprint density at radius 3 is 2.29 bits per heavy atom. The van der Waals surface area contributed by atoms with Crippen LogP contribution in [-0.4, -0.2) is 7.42 Å². The molecule has 0 aromatic carbocycles. The van der Waals surface area contributed by atoms with Gasteiger partial charge in [-0.2, -0.15) is 0 Å². The third kappa shape index (κ3) is 3.69. The van der Waals surface area contributed by atoms with Crippen molar-refractivity contribution in [3.63, 3.8) is 0 Å². The molecule has 0 heterocycles. The highest BCUT2D eigenvalue weighted by molar-refractivity contribution is 9.24. The standard InChI is InChI=1S/C12H24BrSi/c1-4-12(2,3)14(13)10-11-8-6-5-7-9-11/h11H,4-10H2,1-3H3. The lowest BCUT2D eigenvalue weighted by Gasteiger charge is -2.31. The van der Waals surface area contributed by atoms with E-state index in [1.807, 2.05) is 0 Å². The van der Waals surface area contributed by atoms with Gasteiger partial charge < -0.3 is 0 Å². The maximum absolute atomic E-state index is 4.00. The fraction of sp³-hybridized carbons (Fsp3) is 1.00. The summed E-state index contributed by atoms with van der Waals surface area (Å²) in [5.74, 6) is 1.04. The van der Waals surface area contributed by atoms with Gasteiger partial charge in [0.05, 0.1) is 0 Å². The molecule has 1 aliphatic rings. The molecule has 0 N–H and O–H groups in total. The quantitative estimate of drug-likeness (QED) is 0.492. The van der Waals surface area contributed by atoms with Crippen LogP contribution < -0.4 is 0 Å². The number of rotatable bonds is 4. The van der Waals surface area contributed by atoms with Crippen molar-refractivity contribution in [3.8, 4) is 0 Å². The maximum atomic E-state index is 4.00. The van der Waals surface area contributed by atoms with Gasteiger partial charge in [0, 0.05) is 0 Å². The summed E-state index contributed by atoms with van der Waals surface area (Å²) in [6, 6.07) is 1.49. The summed E-state index contributed by atoms with van der Waals surface area (Å²) in [5.41, 5.74) is 0. The summed E-state index contributed by atoms with van der Waals surface area (Å²) < 4.78 is 0. The molecule has 1 fully saturated rings. The second-order valence-corrected chi connectivity index (χ2v) is 10.8. The fourth-order valence-electron chi connectivity index (χ4n) is 2.11. The third-order valence-electron chi connectivity index (χ3n) is 3.81. The molecule has 0 unspecified atom stereocenters. The van der Waals surface area contributed by atoms with Crippen molar-refractivity contribution in [1.29, 1.82) is 0 Å². The minimum Gasteiger partial charge on any atom is -0.128 e. The molecule has 0 bridgehead atoms. The minimum atomic E-state index is -0.303. The molecule has 83 valence electrons. The van der Waals surface area contributed by atoms with E-state index in [-0.39, 0.29) is 7.42 Å². The van der Waals surface area contributed by atoms with Crippen LogP contribution in [0.4, 0.5) is 0 Å². The van der Waals surface area contributed by atoms with Crippen LogP contribution in [0.15, 0.2) is 0 Å². The summed E-state index contributed by atoms with van der Waals surface area (Å²) in [6.45, 7) is 7.19. The van der Waals surface area contributed by atoms with Gasteiger partial charge in [-0.05, 0) is 17.0 Å². The second kappa shape index (κ2) is 5.69. The monoisotopic (exact) mass is 275 g/mol. The van der Waals surface area contributed by atoms with E-state index in [2.05, 4.69) is 36.1 Å². The molecule has 0 spiro atoms. The van der Waals surface area contributed by atoms with Gasteiger partial charge in [-0.1, -0.05) is 59.3 Å². The summed E-state index contributed by atoms with van der Waals surface area (Å²) >= 11 is 4.00. The highest BCUT2D eigenvalue weighted by Crippen LogP contribution is 2.41. The molecule has 1 rings (SSSR count). The maximum Gasteiger partial charge on any atom is 0.141 e. The molecule has 1 saturated carbocycles. The zero-order chi connectivity index (χ0) is 10.6. The van der Waals surface area contributed by atoms with Gasteiger partial charge in [0.15, 0.2) is 0 Å². The van der Waals surface area contributed by atoms with E-state index in [4.69, 9.17) is 0 Å². The predicted molar refractivity (Wildman–Crippen MR) is 70.4 cm³/mol. The average Bonchev–Trinajstić information content (AvgIpc) is 2.19. The number of hydrogen-bond donors (Lipinski definition) is 0. The Kier molecular flexibility index (Phi) is 5.19. The zero-order valence-corrected chi connectivity index (χ0v) is 12.5. The number of hydrogen-bond acceptors (Lipinski definition) is 0. The van der Waals surface area contributed by atoms with Crippen LogP contribution in [0.5, 0.6) is 0 Å². The van der Waals surface area contributed by atoms with Crippen molar-refractivity contribution < 1.29 is 0 Å². The molecule has 0 aromatic heterocycles. The molecule has 1 aliphatic carbocycles.